The number of hydrogen-bond donors (Lipinski definition) is 1. The van der Waals surface area contributed by atoms with E-state index in [0.29, 0.717) is 23.7 Å². The zero-order chi connectivity index (χ0) is 18.0. The Bertz CT molecular complexity index is 903. The Labute approximate surface area is 148 Å². The number of hydrogen-bond acceptors (Lipinski definition) is 4. The lowest BCUT2D eigenvalue weighted by Gasteiger charge is -2.21. The van der Waals surface area contributed by atoms with Gasteiger partial charge < -0.3 is 19.5 Å². The lowest BCUT2D eigenvalue weighted by molar-refractivity contribution is 0.354. The van der Waals surface area contributed by atoms with Crippen molar-refractivity contribution in [1.82, 2.24) is 0 Å². The Morgan fingerprint density at radius 1 is 0.920 bits per heavy atom. The smallest absolute Gasteiger partial charge is 0.162 e. The molecule has 3 aromatic rings. The molecule has 0 radical (unpaired) electrons. The Balaban J connectivity index is 2.16. The third-order valence-corrected chi connectivity index (χ3v) is 4.45. The molecule has 0 heterocycles. The summed E-state index contributed by atoms with van der Waals surface area (Å²) in [6.45, 7) is 0. The predicted octanol–water partition coefficient (Wildman–Crippen LogP) is 4.22. The molecule has 3 rings (SSSR count). The standard InChI is InChI=1S/C21H23NO3/c1-22(2)18-13-21(25-4)20(24-3)12-15(18)11-17-16-8-6-5-7-14(16)9-10-19(17)23/h5-10,12-13,23H,11H2,1-4H3. The Hall–Kier alpha value is -2.88. The van der Waals surface area contributed by atoms with Crippen LogP contribution in [-0.2, 0) is 6.42 Å². The first-order valence-corrected chi connectivity index (χ1v) is 8.17. The van der Waals surface area contributed by atoms with Crippen LogP contribution < -0.4 is 14.4 Å². The number of benzene rings is 3. The molecule has 4 nitrogen and oxygen atoms in total. The fourth-order valence-electron chi connectivity index (χ4n) is 3.17. The second-order valence-corrected chi connectivity index (χ2v) is 6.19. The van der Waals surface area contributed by atoms with Crippen molar-refractivity contribution >= 4 is 16.5 Å². The minimum atomic E-state index is 0.304. The molecule has 0 bridgehead atoms. The number of rotatable bonds is 5. The maximum Gasteiger partial charge on any atom is 0.162 e. The van der Waals surface area contributed by atoms with E-state index in [-0.39, 0.29) is 0 Å². The molecule has 0 saturated heterocycles. The van der Waals surface area contributed by atoms with E-state index in [4.69, 9.17) is 9.47 Å². The number of aromatic hydroxyl groups is 1. The second kappa shape index (κ2) is 6.93. The maximum absolute atomic E-state index is 10.5. The number of phenols is 1. The van der Waals surface area contributed by atoms with Gasteiger partial charge in [0, 0.05) is 37.8 Å². The van der Waals surface area contributed by atoms with Gasteiger partial charge in [-0.05, 0) is 28.5 Å². The molecule has 0 aliphatic carbocycles. The minimum Gasteiger partial charge on any atom is -0.508 e. The molecule has 3 aromatic carbocycles. The van der Waals surface area contributed by atoms with Crippen LogP contribution in [0.3, 0.4) is 0 Å². The lowest BCUT2D eigenvalue weighted by Crippen LogP contribution is -2.12. The number of anilines is 1. The van der Waals surface area contributed by atoms with E-state index in [1.807, 2.05) is 55.4 Å². The zero-order valence-corrected chi connectivity index (χ0v) is 15.0. The highest BCUT2D eigenvalue weighted by Gasteiger charge is 2.16. The van der Waals surface area contributed by atoms with Gasteiger partial charge in [0.25, 0.3) is 0 Å². The van der Waals surface area contributed by atoms with Crippen molar-refractivity contribution < 1.29 is 14.6 Å². The molecular weight excluding hydrogens is 314 g/mol. The summed E-state index contributed by atoms with van der Waals surface area (Å²) < 4.78 is 10.9. The summed E-state index contributed by atoms with van der Waals surface area (Å²) in [5.74, 6) is 1.68. The van der Waals surface area contributed by atoms with E-state index < -0.39 is 0 Å². The van der Waals surface area contributed by atoms with Crippen LogP contribution in [0.5, 0.6) is 17.2 Å². The third kappa shape index (κ3) is 3.20. The van der Waals surface area contributed by atoms with Crippen molar-refractivity contribution in [3.8, 4) is 17.2 Å². The first-order valence-electron chi connectivity index (χ1n) is 8.17. The average molecular weight is 337 g/mol. The van der Waals surface area contributed by atoms with E-state index in [2.05, 4.69) is 6.07 Å². The monoisotopic (exact) mass is 337 g/mol. The molecule has 0 aliphatic rings. The van der Waals surface area contributed by atoms with Crippen LogP contribution in [-0.4, -0.2) is 33.4 Å². The van der Waals surface area contributed by atoms with E-state index in [0.717, 1.165) is 27.6 Å². The summed E-state index contributed by atoms with van der Waals surface area (Å²) >= 11 is 0. The van der Waals surface area contributed by atoms with E-state index >= 15 is 0 Å². The van der Waals surface area contributed by atoms with E-state index in [9.17, 15) is 5.11 Å². The molecule has 0 unspecified atom stereocenters. The molecule has 130 valence electrons. The first kappa shape index (κ1) is 17.0. The molecule has 0 spiro atoms. The molecule has 0 fully saturated rings. The van der Waals surface area contributed by atoms with Crippen LogP contribution >= 0.6 is 0 Å². The highest BCUT2D eigenvalue weighted by Crippen LogP contribution is 2.38. The molecule has 0 atom stereocenters. The number of phenolic OH excluding ortho intramolecular Hbond substituents is 1. The van der Waals surface area contributed by atoms with Crippen molar-refractivity contribution in [1.29, 1.82) is 0 Å². The summed E-state index contributed by atoms with van der Waals surface area (Å²) in [6.07, 6.45) is 0.598. The molecule has 0 amide bonds. The van der Waals surface area contributed by atoms with Gasteiger partial charge in [0.05, 0.1) is 14.2 Å². The van der Waals surface area contributed by atoms with Gasteiger partial charge in [0.15, 0.2) is 11.5 Å². The molecule has 0 saturated carbocycles. The van der Waals surface area contributed by atoms with Gasteiger partial charge in [0.2, 0.25) is 0 Å². The normalized spacial score (nSPS) is 10.7. The SMILES string of the molecule is COc1cc(Cc2c(O)ccc3ccccc23)c(N(C)C)cc1OC. The molecule has 4 heteroatoms. The Morgan fingerprint density at radius 2 is 1.60 bits per heavy atom. The number of fused-ring (bicyclic) bond motifs is 1. The van der Waals surface area contributed by atoms with Gasteiger partial charge in [0.1, 0.15) is 5.75 Å². The predicted molar refractivity (Wildman–Crippen MR) is 102 cm³/mol. The maximum atomic E-state index is 10.5. The highest BCUT2D eigenvalue weighted by molar-refractivity contribution is 5.88. The van der Waals surface area contributed by atoms with Gasteiger partial charge >= 0.3 is 0 Å². The molecule has 0 aliphatic heterocycles. The minimum absolute atomic E-state index is 0.304. The van der Waals surface area contributed by atoms with Gasteiger partial charge in [-0.15, -0.1) is 0 Å². The first-order chi connectivity index (χ1) is 12.0. The van der Waals surface area contributed by atoms with Crippen molar-refractivity contribution in [3.05, 3.63) is 59.7 Å². The van der Waals surface area contributed by atoms with Gasteiger partial charge in [-0.1, -0.05) is 30.3 Å². The van der Waals surface area contributed by atoms with Crippen LogP contribution in [0.1, 0.15) is 11.1 Å². The Kier molecular flexibility index (Phi) is 4.70. The number of ether oxygens (including phenoxy) is 2. The molecule has 1 N–H and O–H groups in total. The van der Waals surface area contributed by atoms with E-state index in [1.165, 1.54) is 0 Å². The molecule has 25 heavy (non-hydrogen) atoms. The number of nitrogens with zero attached hydrogens (tertiary/aromatic N) is 1. The van der Waals surface area contributed by atoms with Crippen molar-refractivity contribution in [2.75, 3.05) is 33.2 Å². The Morgan fingerprint density at radius 3 is 2.28 bits per heavy atom. The van der Waals surface area contributed by atoms with Crippen molar-refractivity contribution in [2.24, 2.45) is 0 Å². The average Bonchev–Trinajstić information content (AvgIpc) is 2.63. The van der Waals surface area contributed by atoms with Crippen LogP contribution in [0.2, 0.25) is 0 Å². The largest absolute Gasteiger partial charge is 0.508 e. The third-order valence-electron chi connectivity index (χ3n) is 4.45. The summed E-state index contributed by atoms with van der Waals surface area (Å²) in [7, 11) is 7.25. The summed E-state index contributed by atoms with van der Waals surface area (Å²) in [5, 5.41) is 12.6. The highest BCUT2D eigenvalue weighted by atomic mass is 16.5. The van der Waals surface area contributed by atoms with Gasteiger partial charge in [-0.25, -0.2) is 0 Å². The van der Waals surface area contributed by atoms with Crippen LogP contribution in [0, 0.1) is 0 Å². The van der Waals surface area contributed by atoms with Crippen LogP contribution in [0.15, 0.2) is 48.5 Å². The van der Waals surface area contributed by atoms with Crippen LogP contribution in [0.4, 0.5) is 5.69 Å². The molecular formula is C21H23NO3. The quantitative estimate of drug-likeness (QED) is 0.757. The van der Waals surface area contributed by atoms with E-state index in [1.54, 1.807) is 20.3 Å². The van der Waals surface area contributed by atoms with Crippen molar-refractivity contribution in [3.63, 3.8) is 0 Å². The van der Waals surface area contributed by atoms with Gasteiger partial charge in [-0.3, -0.25) is 0 Å². The summed E-state index contributed by atoms with van der Waals surface area (Å²) in [4.78, 5) is 2.04. The fourth-order valence-corrected chi connectivity index (χ4v) is 3.17. The van der Waals surface area contributed by atoms with Crippen LogP contribution in [0.25, 0.3) is 10.8 Å². The lowest BCUT2D eigenvalue weighted by atomic mass is 9.96. The number of methoxy groups -OCH3 is 2. The second-order valence-electron chi connectivity index (χ2n) is 6.19. The van der Waals surface area contributed by atoms with Crippen molar-refractivity contribution in [2.45, 2.75) is 6.42 Å². The molecule has 0 aromatic heterocycles. The summed E-state index contributed by atoms with van der Waals surface area (Å²) in [5.41, 5.74) is 3.01. The van der Waals surface area contributed by atoms with Gasteiger partial charge in [-0.2, -0.15) is 0 Å². The zero-order valence-electron chi connectivity index (χ0n) is 15.0. The fraction of sp³-hybridized carbons (Fsp3) is 0.238. The summed E-state index contributed by atoms with van der Waals surface area (Å²) in [6, 6.07) is 15.7. The topological polar surface area (TPSA) is 41.9 Å².